The Labute approximate surface area is 110 Å². The molecule has 0 radical (unpaired) electrons. The van der Waals surface area contributed by atoms with E-state index in [-0.39, 0.29) is 10.8 Å². The minimum absolute atomic E-state index is 0.232. The third-order valence-electron chi connectivity index (χ3n) is 2.33. The van der Waals surface area contributed by atoms with Crippen LogP contribution in [0.15, 0.2) is 18.2 Å². The molecule has 1 rings (SSSR count). The van der Waals surface area contributed by atoms with Crippen LogP contribution in [0, 0.1) is 5.82 Å². The number of benzene rings is 1. The fraction of sp³-hybridized carbons (Fsp3) is 0.500. The lowest BCUT2D eigenvalue weighted by atomic mass is 10.2. The van der Waals surface area contributed by atoms with Crippen molar-refractivity contribution in [1.29, 1.82) is 0 Å². The maximum atomic E-state index is 13.1. The van der Waals surface area contributed by atoms with E-state index in [1.54, 1.807) is 6.07 Å². The van der Waals surface area contributed by atoms with Gasteiger partial charge in [0.25, 0.3) is 0 Å². The second-order valence-corrected chi connectivity index (χ2v) is 4.81. The fourth-order valence-corrected chi connectivity index (χ4v) is 2.02. The van der Waals surface area contributed by atoms with Gasteiger partial charge < -0.3 is 5.32 Å². The van der Waals surface area contributed by atoms with Gasteiger partial charge in [-0.2, -0.15) is 0 Å². The van der Waals surface area contributed by atoms with Crippen molar-refractivity contribution in [2.24, 2.45) is 0 Å². The molecule has 0 atom stereocenters. The maximum absolute atomic E-state index is 13.1. The summed E-state index contributed by atoms with van der Waals surface area (Å²) >= 11 is 9.23. The first-order valence-corrected chi connectivity index (χ1v) is 6.95. The summed E-state index contributed by atoms with van der Waals surface area (Å²) in [7, 11) is 0. The number of hydrogen-bond donors (Lipinski definition) is 1. The van der Waals surface area contributed by atoms with E-state index < -0.39 is 0 Å². The Bertz CT molecular complexity index is 320. The SMILES string of the molecule is Fc1cccc(CNCCCCCBr)c1Cl. The van der Waals surface area contributed by atoms with Gasteiger partial charge in [0, 0.05) is 11.9 Å². The molecule has 1 aromatic carbocycles. The van der Waals surface area contributed by atoms with Crippen molar-refractivity contribution in [1.82, 2.24) is 5.32 Å². The first-order chi connectivity index (χ1) is 7.75. The van der Waals surface area contributed by atoms with Crippen molar-refractivity contribution in [2.45, 2.75) is 25.8 Å². The molecule has 0 unspecified atom stereocenters. The summed E-state index contributed by atoms with van der Waals surface area (Å²) in [5.74, 6) is -0.347. The van der Waals surface area contributed by atoms with Crippen LogP contribution in [-0.2, 0) is 6.54 Å². The molecule has 0 aliphatic carbocycles. The average Bonchev–Trinajstić information content (AvgIpc) is 2.29. The predicted octanol–water partition coefficient (Wildman–Crippen LogP) is 4.13. The molecule has 0 fully saturated rings. The summed E-state index contributed by atoms with van der Waals surface area (Å²) in [4.78, 5) is 0. The molecule has 1 N–H and O–H groups in total. The van der Waals surface area contributed by atoms with Crippen LogP contribution < -0.4 is 5.32 Å². The Kier molecular flexibility index (Phi) is 7.01. The van der Waals surface area contributed by atoms with Crippen LogP contribution in [0.5, 0.6) is 0 Å². The third-order valence-corrected chi connectivity index (χ3v) is 3.32. The molecular weight excluding hydrogens is 292 g/mol. The van der Waals surface area contributed by atoms with Crippen LogP contribution in [-0.4, -0.2) is 11.9 Å². The van der Waals surface area contributed by atoms with Crippen molar-refractivity contribution in [3.63, 3.8) is 0 Å². The Morgan fingerprint density at radius 1 is 1.25 bits per heavy atom. The molecule has 0 aliphatic rings. The van der Waals surface area contributed by atoms with E-state index in [0.29, 0.717) is 6.54 Å². The summed E-state index contributed by atoms with van der Waals surface area (Å²) in [6.45, 7) is 1.57. The van der Waals surface area contributed by atoms with Gasteiger partial charge in [-0.05, 0) is 31.0 Å². The van der Waals surface area contributed by atoms with E-state index in [1.165, 1.54) is 18.9 Å². The van der Waals surface area contributed by atoms with Gasteiger partial charge in [0.05, 0.1) is 5.02 Å². The van der Waals surface area contributed by atoms with Gasteiger partial charge in [-0.25, -0.2) is 4.39 Å². The molecular formula is C12H16BrClFN. The van der Waals surface area contributed by atoms with Crippen molar-refractivity contribution < 1.29 is 4.39 Å². The third kappa shape index (κ3) is 4.81. The first kappa shape index (κ1) is 13.9. The first-order valence-electron chi connectivity index (χ1n) is 5.45. The van der Waals surface area contributed by atoms with Crippen LogP contribution in [0.25, 0.3) is 0 Å². The minimum Gasteiger partial charge on any atom is -0.313 e. The number of hydrogen-bond acceptors (Lipinski definition) is 1. The second-order valence-electron chi connectivity index (χ2n) is 3.64. The van der Waals surface area contributed by atoms with Gasteiger partial charge in [-0.3, -0.25) is 0 Å². The number of nitrogens with one attached hydrogen (secondary N) is 1. The Morgan fingerprint density at radius 3 is 2.81 bits per heavy atom. The molecule has 0 bridgehead atoms. The topological polar surface area (TPSA) is 12.0 Å². The number of unbranched alkanes of at least 4 members (excludes halogenated alkanes) is 2. The van der Waals surface area contributed by atoms with Crippen LogP contribution in [0.2, 0.25) is 5.02 Å². The predicted molar refractivity (Wildman–Crippen MR) is 70.8 cm³/mol. The van der Waals surface area contributed by atoms with Crippen molar-refractivity contribution in [3.8, 4) is 0 Å². The van der Waals surface area contributed by atoms with E-state index in [0.717, 1.165) is 23.9 Å². The Hall–Kier alpha value is -0.120. The zero-order chi connectivity index (χ0) is 11.8. The Morgan fingerprint density at radius 2 is 2.06 bits per heavy atom. The highest BCUT2D eigenvalue weighted by atomic mass is 79.9. The van der Waals surface area contributed by atoms with Crippen LogP contribution >= 0.6 is 27.5 Å². The van der Waals surface area contributed by atoms with Gasteiger partial charge in [0.2, 0.25) is 0 Å². The van der Waals surface area contributed by atoms with Crippen molar-refractivity contribution in [3.05, 3.63) is 34.6 Å². The highest BCUT2D eigenvalue weighted by molar-refractivity contribution is 9.09. The molecule has 0 saturated carbocycles. The lowest BCUT2D eigenvalue weighted by molar-refractivity contribution is 0.606. The molecule has 0 aliphatic heterocycles. The lowest BCUT2D eigenvalue weighted by Crippen LogP contribution is -2.15. The highest BCUT2D eigenvalue weighted by Gasteiger charge is 2.04. The largest absolute Gasteiger partial charge is 0.313 e. The van der Waals surface area contributed by atoms with Gasteiger partial charge in [-0.1, -0.05) is 46.1 Å². The summed E-state index contributed by atoms with van der Waals surface area (Å²) in [6, 6.07) is 4.90. The summed E-state index contributed by atoms with van der Waals surface area (Å²) < 4.78 is 13.1. The molecule has 16 heavy (non-hydrogen) atoms. The quantitative estimate of drug-likeness (QED) is 0.590. The smallest absolute Gasteiger partial charge is 0.142 e. The number of halogens is 3. The molecule has 0 spiro atoms. The zero-order valence-electron chi connectivity index (χ0n) is 9.11. The lowest BCUT2D eigenvalue weighted by Gasteiger charge is -2.06. The molecule has 0 saturated heterocycles. The van der Waals surface area contributed by atoms with E-state index in [1.807, 2.05) is 6.07 Å². The second kappa shape index (κ2) is 8.04. The molecule has 0 heterocycles. The maximum Gasteiger partial charge on any atom is 0.142 e. The number of alkyl halides is 1. The molecule has 0 amide bonds. The summed E-state index contributed by atoms with van der Waals surface area (Å²) in [6.07, 6.45) is 3.54. The van der Waals surface area contributed by atoms with Gasteiger partial charge in [0.15, 0.2) is 0 Å². The van der Waals surface area contributed by atoms with E-state index >= 15 is 0 Å². The number of rotatable bonds is 7. The molecule has 1 nitrogen and oxygen atoms in total. The van der Waals surface area contributed by atoms with Crippen molar-refractivity contribution in [2.75, 3.05) is 11.9 Å². The standard InChI is InChI=1S/C12H16BrClFN/c13-7-2-1-3-8-16-9-10-5-4-6-11(15)12(10)14/h4-6,16H,1-3,7-9H2. The van der Waals surface area contributed by atoms with Crippen molar-refractivity contribution >= 4 is 27.5 Å². The van der Waals surface area contributed by atoms with Gasteiger partial charge in [0.1, 0.15) is 5.82 Å². The molecule has 0 aromatic heterocycles. The Balaban J connectivity index is 2.24. The van der Waals surface area contributed by atoms with Gasteiger partial charge >= 0.3 is 0 Å². The fourth-order valence-electron chi connectivity index (χ4n) is 1.43. The molecule has 4 heteroatoms. The van der Waals surface area contributed by atoms with Crippen LogP contribution in [0.1, 0.15) is 24.8 Å². The molecule has 1 aromatic rings. The molecule has 90 valence electrons. The van der Waals surface area contributed by atoms with E-state index in [4.69, 9.17) is 11.6 Å². The average molecular weight is 309 g/mol. The normalized spacial score (nSPS) is 10.7. The van der Waals surface area contributed by atoms with E-state index in [2.05, 4.69) is 21.2 Å². The van der Waals surface area contributed by atoms with Gasteiger partial charge in [-0.15, -0.1) is 0 Å². The summed E-state index contributed by atoms with van der Waals surface area (Å²) in [5.41, 5.74) is 0.821. The summed E-state index contributed by atoms with van der Waals surface area (Å²) in [5, 5.41) is 4.55. The zero-order valence-corrected chi connectivity index (χ0v) is 11.5. The van der Waals surface area contributed by atoms with Crippen LogP contribution in [0.3, 0.4) is 0 Å². The highest BCUT2D eigenvalue weighted by Crippen LogP contribution is 2.19. The van der Waals surface area contributed by atoms with E-state index in [9.17, 15) is 4.39 Å². The van der Waals surface area contributed by atoms with Crippen LogP contribution in [0.4, 0.5) is 4.39 Å². The minimum atomic E-state index is -0.347. The monoisotopic (exact) mass is 307 g/mol.